The third-order valence-electron chi connectivity index (χ3n) is 1.84. The van der Waals surface area contributed by atoms with E-state index in [0.717, 1.165) is 22.0 Å². The quantitative estimate of drug-likeness (QED) is 0.295. The Morgan fingerprint density at radius 2 is 2.00 bits per heavy atom. The Morgan fingerprint density at radius 1 is 1.41 bits per heavy atom. The maximum absolute atomic E-state index is 10.8. The lowest BCUT2D eigenvalue weighted by atomic mass is 10.5. The molecule has 0 saturated carbocycles. The fraction of sp³-hybridized carbons (Fsp3) is 0.750. The third kappa shape index (κ3) is 10.5. The molecule has 0 atom stereocenters. The Balaban J connectivity index is 3.73. The lowest BCUT2D eigenvalue weighted by Gasteiger charge is -2.32. The number of carbonyl (C=O) groups is 1. The second-order valence-electron chi connectivity index (χ2n) is 5.38. The Kier molecular flexibility index (Phi) is 6.96. The van der Waals surface area contributed by atoms with Crippen LogP contribution in [0.1, 0.15) is 20.3 Å². The topological polar surface area (TPSA) is 35.5 Å². The van der Waals surface area contributed by atoms with Crippen molar-refractivity contribution in [1.29, 1.82) is 0 Å². The van der Waals surface area contributed by atoms with Crippen LogP contribution in [0.4, 0.5) is 0 Å². The molecule has 2 radical (unpaired) electrons. The van der Waals surface area contributed by atoms with E-state index in [-0.39, 0.29) is 11.2 Å². The van der Waals surface area contributed by atoms with Crippen molar-refractivity contribution >= 4 is 23.8 Å². The minimum Gasteiger partial charge on any atom is -0.463 e. The van der Waals surface area contributed by atoms with E-state index in [1.807, 2.05) is 0 Å². The van der Waals surface area contributed by atoms with Gasteiger partial charge in [0.2, 0.25) is 0 Å². The summed E-state index contributed by atoms with van der Waals surface area (Å²) in [7, 11) is -0.745. The number of hydrogen-bond donors (Lipinski definition) is 0. The summed E-state index contributed by atoms with van der Waals surface area (Å²) in [5, 5.41) is -0.0487. The van der Waals surface area contributed by atoms with Crippen molar-refractivity contribution in [1.82, 2.24) is 0 Å². The molecule has 0 rings (SSSR count). The molecule has 5 heteroatoms. The summed E-state index contributed by atoms with van der Waals surface area (Å²) in [4.78, 5) is 10.8. The van der Waals surface area contributed by atoms with Crippen LogP contribution in [0.2, 0.25) is 25.7 Å². The van der Waals surface area contributed by atoms with Crippen molar-refractivity contribution in [2.24, 2.45) is 0 Å². The Hall–Kier alpha value is -0.396. The third-order valence-corrected chi connectivity index (χ3v) is 4.73. The molecule has 0 fully saturated rings. The molecule has 0 N–H and O–H groups in total. The highest BCUT2D eigenvalue weighted by molar-refractivity contribution is 6.70. The van der Waals surface area contributed by atoms with Crippen LogP contribution in [0.5, 0.6) is 0 Å². The van der Waals surface area contributed by atoms with Gasteiger partial charge in [-0.2, -0.15) is 0 Å². The summed E-state index contributed by atoms with van der Waals surface area (Å²) in [6, 6.07) is 1.03. The zero-order valence-electron chi connectivity index (χ0n) is 11.6. The molecule has 98 valence electrons. The average molecular weight is 272 g/mol. The van der Waals surface area contributed by atoms with E-state index in [2.05, 4.69) is 40.1 Å². The first kappa shape index (κ1) is 16.6. The first-order valence-electron chi connectivity index (χ1n) is 5.91. The van der Waals surface area contributed by atoms with Crippen LogP contribution in [0.25, 0.3) is 0 Å². The molecule has 0 aliphatic heterocycles. The SMILES string of the molecule is C=CC(=O)OCCC[Si]C(C)(C)O[Si](C)(C)C. The zero-order valence-corrected chi connectivity index (χ0v) is 13.6. The smallest absolute Gasteiger partial charge is 0.330 e. The normalized spacial score (nSPS) is 12.3. The molecule has 0 aromatic carbocycles. The van der Waals surface area contributed by atoms with Gasteiger partial charge < -0.3 is 9.16 Å². The maximum atomic E-state index is 10.8. The van der Waals surface area contributed by atoms with E-state index in [9.17, 15) is 4.79 Å². The molecule has 0 unspecified atom stereocenters. The number of carbonyl (C=O) groups excluding carboxylic acids is 1. The van der Waals surface area contributed by atoms with E-state index in [0.29, 0.717) is 6.61 Å². The molecule has 3 nitrogen and oxygen atoms in total. The summed E-state index contributed by atoms with van der Waals surface area (Å²) in [5.74, 6) is -0.342. The Morgan fingerprint density at radius 3 is 2.47 bits per heavy atom. The van der Waals surface area contributed by atoms with Gasteiger partial charge in [-0.15, -0.1) is 0 Å². The predicted octanol–water partition coefficient (Wildman–Crippen LogP) is 2.82. The van der Waals surface area contributed by atoms with E-state index >= 15 is 0 Å². The van der Waals surface area contributed by atoms with Crippen molar-refractivity contribution in [3.8, 4) is 0 Å². The molecule has 0 aromatic rings. The van der Waals surface area contributed by atoms with Crippen molar-refractivity contribution < 1.29 is 14.0 Å². The molecule has 0 aromatic heterocycles. The van der Waals surface area contributed by atoms with Gasteiger partial charge in [0.15, 0.2) is 8.32 Å². The van der Waals surface area contributed by atoms with Gasteiger partial charge >= 0.3 is 5.97 Å². The van der Waals surface area contributed by atoms with Crippen molar-refractivity contribution in [2.45, 2.75) is 51.2 Å². The van der Waals surface area contributed by atoms with Gasteiger partial charge in [0.1, 0.15) is 0 Å². The standard InChI is InChI=1S/C12H24O3Si2/c1-7-11(13)14-9-8-10-16-12(2,3)15-17(4,5)6/h7H,1,8-10H2,2-6H3. The zero-order chi connectivity index (χ0) is 13.5. The van der Waals surface area contributed by atoms with E-state index < -0.39 is 8.32 Å². The van der Waals surface area contributed by atoms with Gasteiger partial charge in [0.05, 0.1) is 16.1 Å². The maximum Gasteiger partial charge on any atom is 0.330 e. The van der Waals surface area contributed by atoms with Crippen molar-refractivity contribution in [3.05, 3.63) is 12.7 Å². The van der Waals surface area contributed by atoms with Crippen LogP contribution < -0.4 is 0 Å². The van der Waals surface area contributed by atoms with Gasteiger partial charge in [0, 0.05) is 11.3 Å². The average Bonchev–Trinajstić information content (AvgIpc) is 2.12. The lowest BCUT2D eigenvalue weighted by Crippen LogP contribution is -2.42. The summed E-state index contributed by atoms with van der Waals surface area (Å²) >= 11 is 0. The van der Waals surface area contributed by atoms with Crippen LogP contribution in [0.3, 0.4) is 0 Å². The molecule has 0 heterocycles. The minimum absolute atomic E-state index is 0.0487. The van der Waals surface area contributed by atoms with Crippen LogP contribution in [0.15, 0.2) is 12.7 Å². The van der Waals surface area contributed by atoms with Crippen LogP contribution in [-0.2, 0) is 14.0 Å². The summed E-state index contributed by atoms with van der Waals surface area (Å²) in [6.45, 7) is 14.7. The summed E-state index contributed by atoms with van der Waals surface area (Å²) < 4.78 is 11.0. The van der Waals surface area contributed by atoms with Gasteiger partial charge in [-0.25, -0.2) is 4.79 Å². The molecule has 0 spiro atoms. The Bertz CT molecular complexity index is 257. The number of rotatable bonds is 8. The molecule has 0 aliphatic rings. The van der Waals surface area contributed by atoms with Crippen molar-refractivity contribution in [3.63, 3.8) is 0 Å². The molecule has 0 bridgehead atoms. The van der Waals surface area contributed by atoms with Crippen LogP contribution >= 0.6 is 0 Å². The first-order valence-corrected chi connectivity index (χ1v) is 10.5. The van der Waals surface area contributed by atoms with Gasteiger partial charge in [0.25, 0.3) is 0 Å². The van der Waals surface area contributed by atoms with Crippen LogP contribution in [0, 0.1) is 0 Å². The number of hydrogen-bond acceptors (Lipinski definition) is 3. The molecule has 0 amide bonds. The second kappa shape index (κ2) is 7.13. The Labute approximate surface area is 109 Å². The monoisotopic (exact) mass is 272 g/mol. The van der Waals surface area contributed by atoms with Crippen molar-refractivity contribution in [2.75, 3.05) is 6.61 Å². The summed E-state index contributed by atoms with van der Waals surface area (Å²) in [5.41, 5.74) is 0. The van der Waals surface area contributed by atoms with E-state index in [4.69, 9.17) is 9.16 Å². The second-order valence-corrected chi connectivity index (χ2v) is 11.9. The minimum atomic E-state index is -1.48. The first-order chi connectivity index (χ1) is 7.66. The molecule has 0 aliphatic carbocycles. The highest BCUT2D eigenvalue weighted by Crippen LogP contribution is 2.17. The van der Waals surface area contributed by atoms with Gasteiger partial charge in [-0.05, 0) is 39.9 Å². The fourth-order valence-corrected chi connectivity index (χ4v) is 5.16. The molecular formula is C12H24O3Si2. The molecule has 0 saturated heterocycles. The largest absolute Gasteiger partial charge is 0.463 e. The molecule has 17 heavy (non-hydrogen) atoms. The van der Waals surface area contributed by atoms with E-state index in [1.165, 1.54) is 6.08 Å². The predicted molar refractivity (Wildman–Crippen MR) is 74.8 cm³/mol. The van der Waals surface area contributed by atoms with Crippen LogP contribution in [-0.4, -0.2) is 35.6 Å². The fourth-order valence-electron chi connectivity index (χ4n) is 1.49. The van der Waals surface area contributed by atoms with Gasteiger partial charge in [-0.3, -0.25) is 0 Å². The number of ether oxygens (including phenoxy) is 1. The van der Waals surface area contributed by atoms with E-state index in [1.54, 1.807) is 0 Å². The van der Waals surface area contributed by atoms with Gasteiger partial charge in [-0.1, -0.05) is 12.6 Å². The molecular weight excluding hydrogens is 248 g/mol. The highest BCUT2D eigenvalue weighted by Gasteiger charge is 2.27. The highest BCUT2D eigenvalue weighted by atomic mass is 28.4. The lowest BCUT2D eigenvalue weighted by molar-refractivity contribution is -0.137. The summed E-state index contributed by atoms with van der Waals surface area (Å²) in [6.07, 6.45) is 2.08. The number of esters is 1.